The first-order valence-corrected chi connectivity index (χ1v) is 5.81. The number of benzene rings is 1. The van der Waals surface area contributed by atoms with Crippen molar-refractivity contribution in [2.24, 2.45) is 4.99 Å². The molecule has 3 heteroatoms. The van der Waals surface area contributed by atoms with Crippen LogP contribution in [0.25, 0.3) is 10.8 Å². The molecule has 0 bridgehead atoms. The predicted molar refractivity (Wildman–Crippen MR) is 70.8 cm³/mol. The molecule has 0 aliphatic rings. The van der Waals surface area contributed by atoms with E-state index in [2.05, 4.69) is 4.99 Å². The van der Waals surface area contributed by atoms with Gasteiger partial charge in [0.1, 0.15) is 11.8 Å². The number of rotatable bonds is 2. The number of aromatic nitrogens is 1. The SMILES string of the molecule is CC.CN=c1c2ccccc2ccn1CC=O. The van der Waals surface area contributed by atoms with Crippen molar-refractivity contribution in [3.63, 3.8) is 0 Å². The summed E-state index contributed by atoms with van der Waals surface area (Å²) >= 11 is 0. The zero-order chi connectivity index (χ0) is 12.7. The highest BCUT2D eigenvalue weighted by atomic mass is 16.1. The van der Waals surface area contributed by atoms with Gasteiger partial charge in [0.05, 0.1) is 6.54 Å². The van der Waals surface area contributed by atoms with Gasteiger partial charge in [0.2, 0.25) is 0 Å². The highest BCUT2D eigenvalue weighted by Gasteiger charge is 1.98. The molecule has 17 heavy (non-hydrogen) atoms. The van der Waals surface area contributed by atoms with Crippen molar-refractivity contribution in [3.8, 4) is 0 Å². The van der Waals surface area contributed by atoms with Crippen LogP contribution >= 0.6 is 0 Å². The van der Waals surface area contributed by atoms with Crippen molar-refractivity contribution in [1.29, 1.82) is 0 Å². The summed E-state index contributed by atoms with van der Waals surface area (Å²) in [5.74, 6) is 0. The number of aldehydes is 1. The van der Waals surface area contributed by atoms with E-state index in [-0.39, 0.29) is 0 Å². The lowest BCUT2D eigenvalue weighted by atomic mass is 10.2. The summed E-state index contributed by atoms with van der Waals surface area (Å²) in [5, 5.41) is 2.21. The molecule has 0 aliphatic carbocycles. The fraction of sp³-hybridized carbons (Fsp3) is 0.286. The van der Waals surface area contributed by atoms with Crippen LogP contribution in [0, 0.1) is 0 Å². The summed E-state index contributed by atoms with van der Waals surface area (Å²) in [4.78, 5) is 14.7. The van der Waals surface area contributed by atoms with Gasteiger partial charge in [0.15, 0.2) is 0 Å². The zero-order valence-corrected chi connectivity index (χ0v) is 10.6. The molecular formula is C14H18N2O. The molecule has 0 unspecified atom stereocenters. The lowest BCUT2D eigenvalue weighted by Crippen LogP contribution is -2.21. The van der Waals surface area contributed by atoms with E-state index in [1.165, 1.54) is 0 Å². The zero-order valence-electron chi connectivity index (χ0n) is 10.6. The lowest BCUT2D eigenvalue weighted by molar-refractivity contribution is -0.108. The Labute approximate surface area is 101 Å². The molecule has 0 saturated carbocycles. The number of hydrogen-bond donors (Lipinski definition) is 0. The van der Waals surface area contributed by atoms with E-state index >= 15 is 0 Å². The van der Waals surface area contributed by atoms with Gasteiger partial charge < -0.3 is 9.36 Å². The fourth-order valence-electron chi connectivity index (χ4n) is 1.72. The van der Waals surface area contributed by atoms with Crippen molar-refractivity contribution >= 4 is 17.1 Å². The van der Waals surface area contributed by atoms with Gasteiger partial charge in [-0.25, -0.2) is 0 Å². The van der Waals surface area contributed by atoms with E-state index in [4.69, 9.17) is 0 Å². The van der Waals surface area contributed by atoms with Gasteiger partial charge in [-0.3, -0.25) is 4.99 Å². The van der Waals surface area contributed by atoms with Crippen molar-refractivity contribution < 1.29 is 4.79 Å². The Morgan fingerprint density at radius 3 is 2.59 bits per heavy atom. The number of fused-ring (bicyclic) bond motifs is 1. The molecule has 0 atom stereocenters. The Balaban J connectivity index is 0.000000686. The minimum Gasteiger partial charge on any atom is -0.326 e. The number of pyridine rings is 1. The van der Waals surface area contributed by atoms with Crippen LogP contribution in [0.1, 0.15) is 13.8 Å². The van der Waals surface area contributed by atoms with Crippen LogP contribution in [0.15, 0.2) is 41.5 Å². The van der Waals surface area contributed by atoms with Crippen molar-refractivity contribution in [1.82, 2.24) is 4.57 Å². The molecule has 0 amide bonds. The van der Waals surface area contributed by atoms with Crippen LogP contribution in [-0.2, 0) is 11.3 Å². The summed E-state index contributed by atoms with van der Waals surface area (Å²) in [6.45, 7) is 4.34. The summed E-state index contributed by atoms with van der Waals surface area (Å²) in [5.41, 5.74) is 0.847. The topological polar surface area (TPSA) is 34.4 Å². The second-order valence-electron chi connectivity index (χ2n) is 3.27. The van der Waals surface area contributed by atoms with Crippen LogP contribution in [0.3, 0.4) is 0 Å². The van der Waals surface area contributed by atoms with Gasteiger partial charge in [-0.2, -0.15) is 0 Å². The average molecular weight is 230 g/mol. The van der Waals surface area contributed by atoms with Crippen LogP contribution < -0.4 is 5.49 Å². The highest BCUT2D eigenvalue weighted by molar-refractivity contribution is 5.81. The van der Waals surface area contributed by atoms with E-state index in [1.54, 1.807) is 7.05 Å². The molecule has 0 radical (unpaired) electrons. The molecule has 2 aromatic rings. The van der Waals surface area contributed by atoms with Gasteiger partial charge in [0.25, 0.3) is 0 Å². The minimum atomic E-state index is 0.345. The van der Waals surface area contributed by atoms with E-state index in [1.807, 2.05) is 54.9 Å². The summed E-state index contributed by atoms with van der Waals surface area (Å²) in [6.07, 6.45) is 2.77. The summed E-state index contributed by atoms with van der Waals surface area (Å²) in [6, 6.07) is 10.0. The maximum atomic E-state index is 10.5. The summed E-state index contributed by atoms with van der Waals surface area (Å²) < 4.78 is 1.84. The standard InChI is InChI=1S/C12H12N2O.C2H6/c1-13-12-11-5-3-2-4-10(11)6-7-14(12)8-9-15;1-2/h2-7,9H,8H2,1H3;1-2H3. The normalized spacial score (nSPS) is 10.9. The molecule has 0 fully saturated rings. The van der Waals surface area contributed by atoms with Gasteiger partial charge >= 0.3 is 0 Å². The fourth-order valence-corrected chi connectivity index (χ4v) is 1.72. The van der Waals surface area contributed by atoms with Gasteiger partial charge in [-0.05, 0) is 11.5 Å². The first-order valence-electron chi connectivity index (χ1n) is 5.81. The summed E-state index contributed by atoms with van der Waals surface area (Å²) in [7, 11) is 1.74. The first-order chi connectivity index (χ1) is 8.36. The van der Waals surface area contributed by atoms with Crippen LogP contribution in [0.2, 0.25) is 0 Å². The monoisotopic (exact) mass is 230 g/mol. The highest BCUT2D eigenvalue weighted by Crippen LogP contribution is 2.07. The molecule has 1 aromatic heterocycles. The second kappa shape index (κ2) is 6.63. The molecule has 0 aliphatic heterocycles. The van der Waals surface area contributed by atoms with Crippen LogP contribution in [0.5, 0.6) is 0 Å². The molecule has 0 N–H and O–H groups in total. The van der Waals surface area contributed by atoms with E-state index in [0.717, 1.165) is 22.5 Å². The Morgan fingerprint density at radius 2 is 1.94 bits per heavy atom. The molecule has 2 rings (SSSR count). The third-order valence-electron chi connectivity index (χ3n) is 2.39. The number of nitrogens with zero attached hydrogens (tertiary/aromatic N) is 2. The van der Waals surface area contributed by atoms with E-state index < -0.39 is 0 Å². The largest absolute Gasteiger partial charge is 0.326 e. The minimum absolute atomic E-state index is 0.345. The predicted octanol–water partition coefficient (Wildman–Crippen LogP) is 2.40. The Morgan fingerprint density at radius 1 is 1.24 bits per heavy atom. The maximum Gasteiger partial charge on any atom is 0.139 e. The number of carbonyl (C=O) groups excluding carboxylic acids is 1. The Kier molecular flexibility index (Phi) is 5.14. The molecule has 3 nitrogen and oxygen atoms in total. The molecule has 1 heterocycles. The lowest BCUT2D eigenvalue weighted by Gasteiger charge is -2.05. The number of carbonyl (C=O) groups is 1. The maximum absolute atomic E-state index is 10.5. The third kappa shape index (κ3) is 2.81. The van der Waals surface area contributed by atoms with Gasteiger partial charge in [-0.1, -0.05) is 38.1 Å². The molecule has 0 spiro atoms. The Hall–Kier alpha value is -1.90. The van der Waals surface area contributed by atoms with Gasteiger partial charge in [-0.15, -0.1) is 0 Å². The van der Waals surface area contributed by atoms with Crippen LogP contribution in [-0.4, -0.2) is 17.9 Å². The Bertz CT molecular complexity index is 555. The van der Waals surface area contributed by atoms with Crippen molar-refractivity contribution in [2.45, 2.75) is 20.4 Å². The second-order valence-corrected chi connectivity index (χ2v) is 3.27. The first kappa shape index (κ1) is 13.2. The smallest absolute Gasteiger partial charge is 0.139 e. The van der Waals surface area contributed by atoms with E-state index in [9.17, 15) is 4.79 Å². The number of hydrogen-bond acceptors (Lipinski definition) is 2. The van der Waals surface area contributed by atoms with Crippen molar-refractivity contribution in [3.05, 3.63) is 42.0 Å². The van der Waals surface area contributed by atoms with E-state index in [0.29, 0.717) is 6.54 Å². The molecule has 0 saturated heterocycles. The molecule has 1 aromatic carbocycles. The average Bonchev–Trinajstić information content (AvgIpc) is 2.41. The molecule has 90 valence electrons. The quantitative estimate of drug-likeness (QED) is 0.729. The third-order valence-corrected chi connectivity index (χ3v) is 2.39. The van der Waals surface area contributed by atoms with Crippen molar-refractivity contribution in [2.75, 3.05) is 7.05 Å². The van der Waals surface area contributed by atoms with Gasteiger partial charge in [0, 0.05) is 18.6 Å². The molecular weight excluding hydrogens is 212 g/mol. The van der Waals surface area contributed by atoms with Crippen LogP contribution in [0.4, 0.5) is 0 Å².